The molecule has 4 rings (SSSR count). The number of likely N-dealkylation sites (N-methyl/N-ethyl adjacent to an activating group) is 1. The lowest BCUT2D eigenvalue weighted by molar-refractivity contribution is -0.137. The quantitative estimate of drug-likeness (QED) is 0.231. The summed E-state index contributed by atoms with van der Waals surface area (Å²) in [6.45, 7) is 7.38. The van der Waals surface area contributed by atoms with Crippen LogP contribution in [0, 0.1) is 12.8 Å². The number of sulfonamides is 1. The zero-order valence-corrected chi connectivity index (χ0v) is 30.8. The van der Waals surface area contributed by atoms with Gasteiger partial charge in [-0.05, 0) is 94.6 Å². The van der Waals surface area contributed by atoms with E-state index in [0.717, 1.165) is 36.2 Å². The Balaban J connectivity index is 1.60. The Kier molecular flexibility index (Phi) is 13.7. The van der Waals surface area contributed by atoms with Gasteiger partial charge in [-0.3, -0.25) is 4.79 Å². The van der Waals surface area contributed by atoms with E-state index in [-0.39, 0.29) is 53.4 Å². The molecule has 0 radical (unpaired) electrons. The van der Waals surface area contributed by atoms with E-state index >= 15 is 0 Å². The highest BCUT2D eigenvalue weighted by atomic mass is 32.2. The Morgan fingerprint density at radius 2 is 1.65 bits per heavy atom. The van der Waals surface area contributed by atoms with Gasteiger partial charge in [0.25, 0.3) is 5.91 Å². The average Bonchev–Trinajstić information content (AvgIpc) is 3.09. The number of nitrogens with zero attached hydrogens (tertiary/aromatic N) is 2. The number of ether oxygens (including phenoxy) is 2. The summed E-state index contributed by atoms with van der Waals surface area (Å²) in [5, 5.41) is 15.3. The summed E-state index contributed by atoms with van der Waals surface area (Å²) in [6, 6.07) is 13.7. The second kappa shape index (κ2) is 17.6. The van der Waals surface area contributed by atoms with Crippen molar-refractivity contribution < 1.29 is 45.8 Å². The fourth-order valence-electron chi connectivity index (χ4n) is 5.74. The summed E-state index contributed by atoms with van der Waals surface area (Å²) in [4.78, 5) is 28.8. The minimum absolute atomic E-state index is 0.0190. The summed E-state index contributed by atoms with van der Waals surface area (Å²) in [5.74, 6) is -0.628. The number of aryl methyl sites for hydroxylation is 1. The fourth-order valence-corrected chi connectivity index (χ4v) is 6.92. The largest absolute Gasteiger partial charge is 0.490 e. The smallest absolute Gasteiger partial charge is 0.416 e. The summed E-state index contributed by atoms with van der Waals surface area (Å²) < 4.78 is 79.6. The number of urea groups is 1. The van der Waals surface area contributed by atoms with Gasteiger partial charge in [-0.15, -0.1) is 0 Å². The molecule has 0 bridgehead atoms. The molecule has 3 aromatic carbocycles. The number of carbonyl (C=O) groups is 2. The van der Waals surface area contributed by atoms with Gasteiger partial charge in [-0.1, -0.05) is 24.6 Å². The van der Waals surface area contributed by atoms with E-state index in [0.29, 0.717) is 19.4 Å². The molecule has 11 nitrogen and oxygen atoms in total. The van der Waals surface area contributed by atoms with E-state index in [4.69, 9.17) is 9.47 Å². The number of anilines is 2. The van der Waals surface area contributed by atoms with Crippen molar-refractivity contribution in [3.8, 4) is 5.75 Å². The molecular formula is C37H47F3N4O7S. The monoisotopic (exact) mass is 748 g/mol. The van der Waals surface area contributed by atoms with Crippen LogP contribution in [0.25, 0.3) is 0 Å². The van der Waals surface area contributed by atoms with E-state index in [1.54, 1.807) is 43.3 Å². The van der Waals surface area contributed by atoms with Crippen LogP contribution in [-0.4, -0.2) is 86.3 Å². The number of halogens is 3. The molecule has 0 saturated heterocycles. The maximum absolute atomic E-state index is 14.4. The molecule has 0 saturated carbocycles. The number of nitrogens with one attached hydrogen (secondary N) is 2. The third-order valence-electron chi connectivity index (χ3n) is 8.95. The van der Waals surface area contributed by atoms with Gasteiger partial charge in [0.2, 0.25) is 10.0 Å². The summed E-state index contributed by atoms with van der Waals surface area (Å²) in [5.41, 5.74) is 0.523. The molecule has 1 aliphatic heterocycles. The molecule has 0 spiro atoms. The van der Waals surface area contributed by atoms with Crippen molar-refractivity contribution in [1.29, 1.82) is 0 Å². The number of aliphatic hydroxyl groups excluding tert-OH is 1. The number of alkyl halides is 3. The lowest BCUT2D eigenvalue weighted by Gasteiger charge is -2.35. The van der Waals surface area contributed by atoms with Crippen molar-refractivity contribution in [2.45, 2.75) is 76.3 Å². The van der Waals surface area contributed by atoms with Crippen LogP contribution < -0.4 is 15.4 Å². The molecule has 1 heterocycles. The molecule has 52 heavy (non-hydrogen) atoms. The Morgan fingerprint density at radius 3 is 2.29 bits per heavy atom. The highest BCUT2D eigenvalue weighted by Crippen LogP contribution is 2.31. The van der Waals surface area contributed by atoms with Crippen LogP contribution in [0.2, 0.25) is 0 Å². The van der Waals surface area contributed by atoms with Crippen molar-refractivity contribution in [2.24, 2.45) is 5.92 Å². The molecule has 0 fully saturated rings. The predicted octanol–water partition coefficient (Wildman–Crippen LogP) is 6.77. The lowest BCUT2D eigenvalue weighted by Crippen LogP contribution is -2.48. The topological polar surface area (TPSA) is 138 Å². The Morgan fingerprint density at radius 1 is 1.02 bits per heavy atom. The number of amides is 3. The Labute approximate surface area is 303 Å². The molecule has 0 aromatic heterocycles. The van der Waals surface area contributed by atoms with Crippen molar-refractivity contribution in [2.75, 3.05) is 44.0 Å². The molecule has 15 heteroatoms. The Bertz CT molecular complexity index is 1770. The van der Waals surface area contributed by atoms with Crippen LogP contribution in [0.1, 0.15) is 61.5 Å². The van der Waals surface area contributed by atoms with Crippen molar-refractivity contribution in [3.63, 3.8) is 0 Å². The number of hydrogen-bond donors (Lipinski definition) is 3. The van der Waals surface area contributed by atoms with Crippen LogP contribution in [0.3, 0.4) is 0 Å². The lowest BCUT2D eigenvalue weighted by atomic mass is 10.0. The summed E-state index contributed by atoms with van der Waals surface area (Å²) in [7, 11) is -2.35. The minimum Gasteiger partial charge on any atom is -0.490 e. The van der Waals surface area contributed by atoms with E-state index < -0.39 is 51.8 Å². The van der Waals surface area contributed by atoms with Crippen LogP contribution in [-0.2, 0) is 20.9 Å². The molecule has 3 N–H and O–H groups in total. The second-order valence-corrected chi connectivity index (χ2v) is 15.3. The van der Waals surface area contributed by atoms with Crippen LogP contribution >= 0.6 is 0 Å². The van der Waals surface area contributed by atoms with Crippen LogP contribution in [0.15, 0.2) is 71.6 Å². The van der Waals surface area contributed by atoms with Gasteiger partial charge in [-0.2, -0.15) is 17.5 Å². The third-order valence-corrected chi connectivity index (χ3v) is 10.8. The van der Waals surface area contributed by atoms with E-state index in [1.165, 1.54) is 22.3 Å². The van der Waals surface area contributed by atoms with Crippen molar-refractivity contribution >= 4 is 33.3 Å². The van der Waals surface area contributed by atoms with E-state index in [9.17, 15) is 36.3 Å². The van der Waals surface area contributed by atoms with Gasteiger partial charge < -0.3 is 30.1 Å². The molecule has 4 atom stereocenters. The normalized spacial score (nSPS) is 20.0. The first-order valence-electron chi connectivity index (χ1n) is 17.1. The first-order valence-corrected chi connectivity index (χ1v) is 18.6. The SMILES string of the molecule is Cc1ccc(S(=O)(=O)N(C)C[C@@H]2OCCCC[C@@H](C)Oc3ccc(NC(=O)Nc4ccc(C(F)(F)F)cc4)cc3C(=O)N([C@@H](C)CO)C[C@@H]2C)cc1. The summed E-state index contributed by atoms with van der Waals surface area (Å²) in [6.07, 6.45) is -3.38. The number of carbonyl (C=O) groups excluding carboxylic acids is 2. The Hall–Kier alpha value is -4.18. The van der Waals surface area contributed by atoms with Crippen LogP contribution in [0.5, 0.6) is 5.75 Å². The van der Waals surface area contributed by atoms with Gasteiger partial charge in [0.05, 0.1) is 40.9 Å². The molecule has 3 amide bonds. The standard InChI is InChI=1S/C37H47F3N4O7S/c1-24-9-16-31(17-10-24)52(48,49)43(5)22-34-25(2)21-44(26(3)23-45)35(46)32-20-30(15-18-33(32)51-27(4)8-6-7-19-50-34)42-36(47)41-29-13-11-28(12-14-29)37(38,39)40/h9-18,20,25-27,34,45H,6-8,19,21-23H2,1-5H3,(H2,41,42,47)/t25-,26-,27+,34-/m0/s1. The predicted molar refractivity (Wildman–Crippen MR) is 192 cm³/mol. The number of hydrogen-bond acceptors (Lipinski definition) is 7. The molecule has 1 aliphatic rings. The molecule has 284 valence electrons. The molecule has 0 unspecified atom stereocenters. The van der Waals surface area contributed by atoms with Crippen molar-refractivity contribution in [3.05, 3.63) is 83.4 Å². The summed E-state index contributed by atoms with van der Waals surface area (Å²) >= 11 is 0. The first kappa shape index (κ1) is 40.6. The number of rotatable bonds is 8. The van der Waals surface area contributed by atoms with Gasteiger partial charge in [0.15, 0.2) is 0 Å². The van der Waals surface area contributed by atoms with Crippen LogP contribution in [0.4, 0.5) is 29.3 Å². The number of aliphatic hydroxyl groups is 1. The molecule has 3 aromatic rings. The molecular weight excluding hydrogens is 701 g/mol. The number of fused-ring (bicyclic) bond motifs is 1. The highest BCUT2D eigenvalue weighted by molar-refractivity contribution is 7.89. The van der Waals surface area contributed by atoms with Crippen molar-refractivity contribution in [1.82, 2.24) is 9.21 Å². The third kappa shape index (κ3) is 10.7. The van der Waals surface area contributed by atoms with Gasteiger partial charge in [-0.25, -0.2) is 13.2 Å². The van der Waals surface area contributed by atoms with Gasteiger partial charge in [0.1, 0.15) is 5.75 Å². The molecule has 0 aliphatic carbocycles. The van der Waals surface area contributed by atoms with Gasteiger partial charge in [0, 0.05) is 44.0 Å². The maximum Gasteiger partial charge on any atom is 0.416 e. The maximum atomic E-state index is 14.4. The van der Waals surface area contributed by atoms with E-state index in [1.807, 2.05) is 20.8 Å². The fraction of sp³-hybridized carbons (Fsp3) is 0.459. The highest BCUT2D eigenvalue weighted by Gasteiger charge is 2.33. The minimum atomic E-state index is -4.52. The van der Waals surface area contributed by atoms with E-state index in [2.05, 4.69) is 10.6 Å². The first-order chi connectivity index (χ1) is 24.5. The zero-order valence-electron chi connectivity index (χ0n) is 29.9. The average molecular weight is 749 g/mol. The zero-order chi connectivity index (χ0) is 38.2. The van der Waals surface area contributed by atoms with Gasteiger partial charge >= 0.3 is 12.2 Å². The second-order valence-electron chi connectivity index (χ2n) is 13.3. The number of benzene rings is 3.